The Hall–Kier alpha value is -3.49. The molecule has 0 saturated carbocycles. The first kappa shape index (κ1) is 17.0. The molecular formula is C18H18N6O3. The van der Waals surface area contributed by atoms with E-state index in [4.69, 9.17) is 4.42 Å². The van der Waals surface area contributed by atoms with Gasteiger partial charge < -0.3 is 14.6 Å². The van der Waals surface area contributed by atoms with E-state index in [0.717, 1.165) is 18.5 Å². The molecule has 0 spiro atoms. The summed E-state index contributed by atoms with van der Waals surface area (Å²) in [6, 6.07) is 10.6. The molecule has 3 aromatic rings. The summed E-state index contributed by atoms with van der Waals surface area (Å²) < 4.78 is 6.69. The van der Waals surface area contributed by atoms with Gasteiger partial charge in [-0.15, -0.1) is 5.10 Å². The number of carbonyl (C=O) groups is 2. The van der Waals surface area contributed by atoms with Crippen LogP contribution in [0.15, 0.2) is 53.4 Å². The summed E-state index contributed by atoms with van der Waals surface area (Å²) >= 11 is 0. The largest absolute Gasteiger partial charge is 0.459 e. The molecule has 3 heterocycles. The molecule has 0 bridgehead atoms. The van der Waals surface area contributed by atoms with Crippen LogP contribution in [0.25, 0.3) is 5.69 Å². The van der Waals surface area contributed by atoms with Crippen molar-refractivity contribution in [1.82, 2.24) is 25.1 Å². The molecule has 1 aromatic carbocycles. The Bertz CT molecular complexity index is 922. The van der Waals surface area contributed by atoms with Crippen LogP contribution in [0.1, 0.15) is 23.4 Å². The van der Waals surface area contributed by atoms with Crippen LogP contribution in [0, 0.1) is 5.92 Å². The number of nitrogens with zero attached hydrogens (tertiary/aromatic N) is 5. The standard InChI is InChI=1S/C18H18N6O3/c25-17(20-14-5-1-6-15(10-14)24-12-19-21-22-24)13-4-2-8-23(11-13)18(26)16-7-3-9-27-16/h1,3,5-7,9-10,12-13H,2,4,8,11H2,(H,20,25)/t13-/m1/s1. The van der Waals surface area contributed by atoms with Crippen molar-refractivity contribution in [3.8, 4) is 5.69 Å². The molecule has 1 fully saturated rings. The molecule has 1 atom stereocenters. The van der Waals surface area contributed by atoms with Crippen molar-refractivity contribution in [2.24, 2.45) is 5.92 Å². The van der Waals surface area contributed by atoms with Crippen LogP contribution in [0.4, 0.5) is 5.69 Å². The Labute approximate surface area is 155 Å². The second-order valence-electron chi connectivity index (χ2n) is 6.36. The molecule has 138 valence electrons. The van der Waals surface area contributed by atoms with E-state index in [1.165, 1.54) is 17.3 Å². The molecule has 2 aromatic heterocycles. The fourth-order valence-electron chi connectivity index (χ4n) is 3.18. The molecule has 0 aliphatic carbocycles. The molecule has 0 unspecified atom stereocenters. The maximum atomic E-state index is 12.7. The number of benzene rings is 1. The molecule has 1 aliphatic heterocycles. The Morgan fingerprint density at radius 1 is 1.22 bits per heavy atom. The SMILES string of the molecule is O=C(Nc1cccc(-n2cnnn2)c1)[C@@H]1CCCN(C(=O)c2ccco2)C1. The number of nitrogens with one attached hydrogen (secondary N) is 1. The summed E-state index contributed by atoms with van der Waals surface area (Å²) in [6.07, 6.45) is 4.47. The minimum Gasteiger partial charge on any atom is -0.459 e. The van der Waals surface area contributed by atoms with E-state index in [1.807, 2.05) is 12.1 Å². The number of anilines is 1. The maximum absolute atomic E-state index is 12.7. The van der Waals surface area contributed by atoms with E-state index in [0.29, 0.717) is 24.5 Å². The quantitative estimate of drug-likeness (QED) is 0.754. The second-order valence-corrected chi connectivity index (χ2v) is 6.36. The summed E-state index contributed by atoms with van der Waals surface area (Å²) in [5.41, 5.74) is 1.40. The molecule has 1 saturated heterocycles. The summed E-state index contributed by atoms with van der Waals surface area (Å²) in [5, 5.41) is 14.0. The molecule has 2 amide bonds. The van der Waals surface area contributed by atoms with Gasteiger partial charge in [0.25, 0.3) is 5.91 Å². The molecule has 9 nitrogen and oxygen atoms in total. The van der Waals surface area contributed by atoms with Gasteiger partial charge in [-0.25, -0.2) is 4.68 Å². The zero-order valence-electron chi connectivity index (χ0n) is 14.5. The first-order valence-corrected chi connectivity index (χ1v) is 8.68. The lowest BCUT2D eigenvalue weighted by Gasteiger charge is -2.31. The molecular weight excluding hydrogens is 348 g/mol. The maximum Gasteiger partial charge on any atom is 0.289 e. The third kappa shape index (κ3) is 3.71. The highest BCUT2D eigenvalue weighted by molar-refractivity contribution is 5.95. The van der Waals surface area contributed by atoms with Crippen molar-refractivity contribution >= 4 is 17.5 Å². The van der Waals surface area contributed by atoms with Crippen molar-refractivity contribution in [2.75, 3.05) is 18.4 Å². The van der Waals surface area contributed by atoms with Gasteiger partial charge in [-0.3, -0.25) is 9.59 Å². The minimum absolute atomic E-state index is 0.110. The average Bonchev–Trinajstić information content (AvgIpc) is 3.42. The number of aromatic nitrogens is 4. The Balaban J connectivity index is 1.42. The number of likely N-dealkylation sites (tertiary alicyclic amines) is 1. The number of amides is 2. The van der Waals surface area contributed by atoms with Gasteiger partial charge in [0.15, 0.2) is 5.76 Å². The van der Waals surface area contributed by atoms with Crippen molar-refractivity contribution in [2.45, 2.75) is 12.8 Å². The number of hydrogen-bond acceptors (Lipinski definition) is 6. The summed E-state index contributed by atoms with van der Waals surface area (Å²) in [5.74, 6) is -0.265. The monoisotopic (exact) mass is 366 g/mol. The number of piperidine rings is 1. The summed E-state index contributed by atoms with van der Waals surface area (Å²) in [6.45, 7) is 0.996. The van der Waals surface area contributed by atoms with Gasteiger partial charge in [-0.2, -0.15) is 0 Å². The number of rotatable bonds is 4. The predicted octanol–water partition coefficient (Wildman–Crippen LogP) is 1.75. The lowest BCUT2D eigenvalue weighted by Crippen LogP contribution is -2.43. The van der Waals surface area contributed by atoms with Crippen molar-refractivity contribution in [1.29, 1.82) is 0 Å². The normalized spacial score (nSPS) is 16.9. The van der Waals surface area contributed by atoms with Crippen LogP contribution in [-0.4, -0.2) is 50.0 Å². The highest BCUT2D eigenvalue weighted by Gasteiger charge is 2.29. The van der Waals surface area contributed by atoms with Crippen LogP contribution >= 0.6 is 0 Å². The fourth-order valence-corrected chi connectivity index (χ4v) is 3.18. The first-order valence-electron chi connectivity index (χ1n) is 8.68. The van der Waals surface area contributed by atoms with Crippen LogP contribution in [-0.2, 0) is 4.79 Å². The van der Waals surface area contributed by atoms with Crippen molar-refractivity contribution in [3.63, 3.8) is 0 Å². The Kier molecular flexibility index (Phi) is 4.65. The minimum atomic E-state index is -0.269. The van der Waals surface area contributed by atoms with Crippen molar-refractivity contribution < 1.29 is 14.0 Å². The molecule has 0 radical (unpaired) electrons. The lowest BCUT2D eigenvalue weighted by molar-refractivity contribution is -0.121. The Morgan fingerprint density at radius 2 is 2.15 bits per heavy atom. The summed E-state index contributed by atoms with van der Waals surface area (Å²) in [4.78, 5) is 26.8. The molecule has 4 rings (SSSR count). The smallest absolute Gasteiger partial charge is 0.289 e. The van der Waals surface area contributed by atoms with Gasteiger partial charge in [-0.05, 0) is 53.6 Å². The van der Waals surface area contributed by atoms with Crippen molar-refractivity contribution in [3.05, 3.63) is 54.7 Å². The van der Waals surface area contributed by atoms with Gasteiger partial charge in [0, 0.05) is 18.8 Å². The molecule has 1 aliphatic rings. The van der Waals surface area contributed by atoms with E-state index < -0.39 is 0 Å². The third-order valence-electron chi connectivity index (χ3n) is 4.54. The summed E-state index contributed by atoms with van der Waals surface area (Å²) in [7, 11) is 0. The van der Waals surface area contributed by atoms with E-state index in [1.54, 1.807) is 29.2 Å². The lowest BCUT2D eigenvalue weighted by atomic mass is 9.96. The van der Waals surface area contributed by atoms with Gasteiger partial charge in [0.1, 0.15) is 6.33 Å². The van der Waals surface area contributed by atoms with Gasteiger partial charge in [-0.1, -0.05) is 6.07 Å². The van der Waals surface area contributed by atoms with Gasteiger partial charge >= 0.3 is 0 Å². The average molecular weight is 366 g/mol. The second kappa shape index (κ2) is 7.40. The molecule has 9 heteroatoms. The highest BCUT2D eigenvalue weighted by atomic mass is 16.3. The molecule has 27 heavy (non-hydrogen) atoms. The number of carbonyl (C=O) groups excluding carboxylic acids is 2. The molecule has 1 N–H and O–H groups in total. The van der Waals surface area contributed by atoms with Gasteiger partial charge in [0.05, 0.1) is 17.9 Å². The zero-order valence-corrected chi connectivity index (χ0v) is 14.5. The topological polar surface area (TPSA) is 106 Å². The number of tetrazole rings is 1. The van der Waals surface area contributed by atoms with Crippen LogP contribution in [0.5, 0.6) is 0 Å². The number of furan rings is 1. The van der Waals surface area contributed by atoms with E-state index in [-0.39, 0.29) is 17.7 Å². The fraction of sp³-hybridized carbons (Fsp3) is 0.278. The Morgan fingerprint density at radius 3 is 2.93 bits per heavy atom. The predicted molar refractivity (Wildman–Crippen MR) is 95.1 cm³/mol. The number of hydrogen-bond donors (Lipinski definition) is 1. The van der Waals surface area contributed by atoms with Crippen LogP contribution in [0.3, 0.4) is 0 Å². The third-order valence-corrected chi connectivity index (χ3v) is 4.54. The van der Waals surface area contributed by atoms with Gasteiger partial charge in [0.2, 0.25) is 5.91 Å². The van der Waals surface area contributed by atoms with E-state index >= 15 is 0 Å². The first-order chi connectivity index (χ1) is 13.2. The van der Waals surface area contributed by atoms with E-state index in [9.17, 15) is 9.59 Å². The van der Waals surface area contributed by atoms with Crippen LogP contribution < -0.4 is 5.32 Å². The van der Waals surface area contributed by atoms with E-state index in [2.05, 4.69) is 20.8 Å². The van der Waals surface area contributed by atoms with Crippen LogP contribution in [0.2, 0.25) is 0 Å². The zero-order chi connectivity index (χ0) is 18.6. The highest BCUT2D eigenvalue weighted by Crippen LogP contribution is 2.21.